The first-order chi connectivity index (χ1) is 23.3. The molecule has 13 heteroatoms. The quantitative estimate of drug-likeness (QED) is 0.270. The van der Waals surface area contributed by atoms with Crippen LogP contribution in [0.25, 0.3) is 0 Å². The fourth-order valence-electron chi connectivity index (χ4n) is 6.66. The number of benzene rings is 1. The van der Waals surface area contributed by atoms with Crippen molar-refractivity contribution in [3.63, 3.8) is 0 Å². The van der Waals surface area contributed by atoms with Crippen LogP contribution in [0.5, 0.6) is 5.75 Å². The molecule has 2 aliphatic heterocycles. The number of esters is 1. The molecule has 2 aromatic rings. The topological polar surface area (TPSA) is 162 Å². The van der Waals surface area contributed by atoms with Crippen LogP contribution in [0.3, 0.4) is 0 Å². The van der Waals surface area contributed by atoms with Crippen LogP contribution in [0.15, 0.2) is 41.1 Å². The summed E-state index contributed by atoms with van der Waals surface area (Å²) in [4.78, 5) is 58.7. The Morgan fingerprint density at radius 1 is 1.16 bits per heavy atom. The molecule has 3 amide bonds. The zero-order chi connectivity index (χ0) is 35.7. The number of nitrogens with one attached hydrogen (secondary N) is 1. The van der Waals surface area contributed by atoms with Gasteiger partial charge in [0.2, 0.25) is 11.8 Å². The normalized spacial score (nSPS) is 20.1. The van der Waals surface area contributed by atoms with Gasteiger partial charge in [0.05, 0.1) is 37.3 Å². The molecular weight excluding hydrogens is 694 g/mol. The summed E-state index contributed by atoms with van der Waals surface area (Å²) in [5.74, 6) is -0.495. The van der Waals surface area contributed by atoms with Gasteiger partial charge in [0.25, 0.3) is 0 Å². The Morgan fingerprint density at radius 3 is 2.61 bits per heavy atom. The third kappa shape index (κ3) is 10.4. The van der Waals surface area contributed by atoms with E-state index in [0.29, 0.717) is 66.7 Å². The van der Waals surface area contributed by atoms with Gasteiger partial charge in [-0.3, -0.25) is 19.4 Å². The standard InChI is InChI=1S/C36H46BrN5O7/c1-36(2,3)31-15-23(11-13-42(31)35(46)47)8-10-32(43)41-12-5-6-26(21-41)34(45)40-30(17-33(44)48-4)27-16-28(20-39-19-27)49-22-24-7-9-25(18-38)29(37)14-24/h7,9,14,16,19-20,23,26,30-31H,5-6,8,10-13,15,17,21-22H2,1-4H3,(H,40,45)(H,46,47)/t23?,26-,30+,31?/m1/s1. The van der Waals surface area contributed by atoms with Crippen LogP contribution in [-0.2, 0) is 25.7 Å². The Bertz CT molecular complexity index is 1550. The molecule has 2 unspecified atom stereocenters. The number of likely N-dealkylation sites (tertiary alicyclic amines) is 2. The molecule has 4 rings (SSSR count). The summed E-state index contributed by atoms with van der Waals surface area (Å²) in [5.41, 5.74) is 1.73. The van der Waals surface area contributed by atoms with Crippen LogP contribution in [0.4, 0.5) is 4.79 Å². The number of nitriles is 1. The number of halogens is 1. The molecule has 3 heterocycles. The number of methoxy groups -OCH3 is 1. The van der Waals surface area contributed by atoms with Gasteiger partial charge >= 0.3 is 12.1 Å². The second-order valence-corrected chi connectivity index (χ2v) is 14.8. The van der Waals surface area contributed by atoms with E-state index in [9.17, 15) is 24.3 Å². The van der Waals surface area contributed by atoms with E-state index >= 15 is 0 Å². The lowest BCUT2D eigenvalue weighted by Gasteiger charge is -2.44. The van der Waals surface area contributed by atoms with Gasteiger partial charge in [-0.05, 0) is 88.7 Å². The highest BCUT2D eigenvalue weighted by atomic mass is 79.9. The summed E-state index contributed by atoms with van der Waals surface area (Å²) in [5, 5.41) is 21.8. The van der Waals surface area contributed by atoms with Gasteiger partial charge in [-0.1, -0.05) is 26.8 Å². The highest BCUT2D eigenvalue weighted by molar-refractivity contribution is 9.10. The molecule has 0 aliphatic carbocycles. The SMILES string of the molecule is COC(=O)C[C@H](NC(=O)[C@@H]1CCCN(C(=O)CCC2CCN(C(=O)O)C(C(C)(C)C)C2)C1)c1cncc(OCc2ccc(C#N)c(Br)c2)c1. The van der Waals surface area contributed by atoms with Crippen molar-refractivity contribution in [1.82, 2.24) is 20.1 Å². The average molecular weight is 741 g/mol. The minimum absolute atomic E-state index is 0.0000677. The van der Waals surface area contributed by atoms with Gasteiger partial charge in [-0.15, -0.1) is 0 Å². The Kier molecular flexibility index (Phi) is 13.0. The van der Waals surface area contributed by atoms with Gasteiger partial charge in [0, 0.05) is 42.8 Å². The number of rotatable bonds is 11. The number of carbonyl (C=O) groups excluding carboxylic acids is 3. The van der Waals surface area contributed by atoms with Crippen LogP contribution < -0.4 is 10.1 Å². The van der Waals surface area contributed by atoms with Crippen LogP contribution in [0.1, 0.15) is 88.4 Å². The minimum atomic E-state index is -0.897. The highest BCUT2D eigenvalue weighted by Gasteiger charge is 2.39. The Morgan fingerprint density at radius 2 is 1.94 bits per heavy atom. The molecule has 2 aliphatic rings. The summed E-state index contributed by atoms with van der Waals surface area (Å²) in [6.45, 7) is 7.71. The first-order valence-corrected chi connectivity index (χ1v) is 17.5. The highest BCUT2D eigenvalue weighted by Crippen LogP contribution is 2.36. The number of carbonyl (C=O) groups is 4. The van der Waals surface area contributed by atoms with Crippen molar-refractivity contribution in [2.24, 2.45) is 17.3 Å². The predicted molar refractivity (Wildman–Crippen MR) is 184 cm³/mol. The zero-order valence-electron chi connectivity index (χ0n) is 28.6. The zero-order valence-corrected chi connectivity index (χ0v) is 30.2. The van der Waals surface area contributed by atoms with Gasteiger partial charge in [-0.25, -0.2) is 4.79 Å². The third-order valence-electron chi connectivity index (χ3n) is 9.48. The fourth-order valence-corrected chi connectivity index (χ4v) is 7.17. The van der Waals surface area contributed by atoms with Crippen LogP contribution in [0.2, 0.25) is 0 Å². The molecule has 1 aromatic carbocycles. The van der Waals surface area contributed by atoms with Gasteiger partial charge < -0.3 is 29.7 Å². The second kappa shape index (κ2) is 17.0. The van der Waals surface area contributed by atoms with Crippen molar-refractivity contribution in [3.05, 3.63) is 57.8 Å². The molecule has 0 saturated carbocycles. The van der Waals surface area contributed by atoms with Crippen molar-refractivity contribution < 1.29 is 33.8 Å². The smallest absolute Gasteiger partial charge is 0.407 e. The van der Waals surface area contributed by atoms with E-state index in [1.165, 1.54) is 12.0 Å². The molecule has 49 heavy (non-hydrogen) atoms. The molecule has 0 spiro atoms. The van der Waals surface area contributed by atoms with Gasteiger partial charge in [-0.2, -0.15) is 5.26 Å². The number of carboxylic acid groups (broad SMARTS) is 1. The molecule has 4 atom stereocenters. The molecule has 264 valence electrons. The molecule has 0 bridgehead atoms. The maximum absolute atomic E-state index is 13.6. The molecule has 1 aromatic heterocycles. The Labute approximate surface area is 296 Å². The number of amides is 3. The van der Waals surface area contributed by atoms with Crippen LogP contribution in [0, 0.1) is 28.6 Å². The monoisotopic (exact) mass is 739 g/mol. The summed E-state index contributed by atoms with van der Waals surface area (Å²) < 4.78 is 11.5. The molecule has 2 saturated heterocycles. The summed E-state index contributed by atoms with van der Waals surface area (Å²) in [6.07, 6.45) is 5.90. The summed E-state index contributed by atoms with van der Waals surface area (Å²) >= 11 is 3.38. The summed E-state index contributed by atoms with van der Waals surface area (Å²) in [7, 11) is 1.29. The molecule has 2 fully saturated rings. The number of hydrogen-bond acceptors (Lipinski definition) is 8. The third-order valence-corrected chi connectivity index (χ3v) is 10.1. The lowest BCUT2D eigenvalue weighted by molar-refractivity contribution is -0.141. The first kappa shape index (κ1) is 37.6. The van der Waals surface area contributed by atoms with E-state index in [0.717, 1.165) is 18.4 Å². The van der Waals surface area contributed by atoms with Crippen molar-refractivity contribution in [2.45, 2.75) is 84.4 Å². The maximum Gasteiger partial charge on any atom is 0.407 e. The number of aromatic nitrogens is 1. The van der Waals surface area contributed by atoms with Crippen LogP contribution >= 0.6 is 15.9 Å². The maximum atomic E-state index is 13.6. The lowest BCUT2D eigenvalue weighted by atomic mass is 9.76. The van der Waals surface area contributed by atoms with Crippen molar-refractivity contribution in [3.8, 4) is 11.8 Å². The Balaban J connectivity index is 1.35. The van der Waals surface area contributed by atoms with Gasteiger partial charge in [0.1, 0.15) is 18.4 Å². The minimum Gasteiger partial charge on any atom is -0.487 e. The fraction of sp³-hybridized carbons (Fsp3) is 0.556. The van der Waals surface area contributed by atoms with Crippen molar-refractivity contribution in [2.75, 3.05) is 26.7 Å². The number of ether oxygens (including phenoxy) is 2. The molecular formula is C36H46BrN5O7. The van der Waals surface area contributed by atoms with Crippen molar-refractivity contribution in [1.29, 1.82) is 5.26 Å². The predicted octanol–water partition coefficient (Wildman–Crippen LogP) is 5.84. The van der Waals surface area contributed by atoms with Gasteiger partial charge in [0.15, 0.2) is 0 Å². The molecule has 0 radical (unpaired) electrons. The van der Waals surface area contributed by atoms with E-state index < -0.39 is 24.0 Å². The van der Waals surface area contributed by atoms with E-state index in [-0.39, 0.29) is 42.2 Å². The number of nitrogens with zero attached hydrogens (tertiary/aromatic N) is 4. The van der Waals surface area contributed by atoms with E-state index in [2.05, 4.69) is 53.1 Å². The Hall–Kier alpha value is -4.18. The number of piperidine rings is 2. The van der Waals surface area contributed by atoms with Crippen molar-refractivity contribution >= 4 is 39.8 Å². The molecule has 12 nitrogen and oxygen atoms in total. The van der Waals surface area contributed by atoms with Crippen LogP contribution in [-0.4, -0.2) is 76.6 Å². The molecule has 2 N–H and O–H groups in total. The van der Waals surface area contributed by atoms with E-state index in [4.69, 9.17) is 14.7 Å². The largest absolute Gasteiger partial charge is 0.487 e. The first-order valence-electron chi connectivity index (χ1n) is 16.7. The lowest BCUT2D eigenvalue weighted by Crippen LogP contribution is -2.51. The van der Waals surface area contributed by atoms with E-state index in [1.807, 2.05) is 0 Å². The average Bonchev–Trinajstić information content (AvgIpc) is 3.08. The second-order valence-electron chi connectivity index (χ2n) is 14.0. The summed E-state index contributed by atoms with van der Waals surface area (Å²) in [6, 6.07) is 8.31. The van der Waals surface area contributed by atoms with E-state index in [1.54, 1.807) is 41.6 Å². The number of pyridine rings is 1. The number of hydrogen-bond donors (Lipinski definition) is 2.